The fourth-order valence-corrected chi connectivity index (χ4v) is 5.55. The van der Waals surface area contributed by atoms with Crippen LogP contribution in [0.25, 0.3) is 0 Å². The highest BCUT2D eigenvalue weighted by Crippen LogP contribution is 2.25. The third kappa shape index (κ3) is 4.68. The van der Waals surface area contributed by atoms with Crippen molar-refractivity contribution in [1.82, 2.24) is 9.97 Å². The Bertz CT molecular complexity index is 1100. The van der Waals surface area contributed by atoms with Crippen molar-refractivity contribution in [3.05, 3.63) is 53.0 Å². The predicted octanol–water partition coefficient (Wildman–Crippen LogP) is 4.30. The first-order valence-electron chi connectivity index (χ1n) is 9.46. The maximum atomic E-state index is 12.5. The summed E-state index contributed by atoms with van der Waals surface area (Å²) in [6.07, 6.45) is 2.34. The van der Waals surface area contributed by atoms with Crippen LogP contribution in [-0.2, 0) is 10.0 Å². The number of benzene rings is 1. The molecule has 0 spiro atoms. The lowest BCUT2D eigenvalue weighted by molar-refractivity contribution is 0.603. The number of nitrogens with zero attached hydrogens (tertiary/aromatic N) is 3. The minimum atomic E-state index is -3.56. The van der Waals surface area contributed by atoms with Gasteiger partial charge in [-0.1, -0.05) is 0 Å². The molecule has 0 aliphatic carbocycles. The molecule has 2 aromatic heterocycles. The summed E-state index contributed by atoms with van der Waals surface area (Å²) in [7, 11) is -3.56. The summed E-state index contributed by atoms with van der Waals surface area (Å²) >= 11 is 1.25. The molecule has 1 aliphatic rings. The zero-order chi connectivity index (χ0) is 20.4. The Hall–Kier alpha value is -2.65. The fourth-order valence-electron chi connectivity index (χ4n) is 3.21. The van der Waals surface area contributed by atoms with Crippen LogP contribution in [-0.4, -0.2) is 31.5 Å². The van der Waals surface area contributed by atoms with Crippen molar-refractivity contribution < 1.29 is 8.42 Å². The molecule has 1 aromatic carbocycles. The van der Waals surface area contributed by atoms with Crippen molar-refractivity contribution in [3.8, 4) is 0 Å². The molecule has 1 saturated heterocycles. The molecule has 9 heteroatoms. The quantitative estimate of drug-likeness (QED) is 0.607. The summed E-state index contributed by atoms with van der Waals surface area (Å²) in [5.74, 6) is 1.47. The molecular formula is C20H23N5O2S2. The average Bonchev–Trinajstić information content (AvgIpc) is 3.35. The Morgan fingerprint density at radius 3 is 2.31 bits per heavy atom. The molecule has 0 amide bonds. The minimum absolute atomic E-state index is 0.308. The van der Waals surface area contributed by atoms with Crippen molar-refractivity contribution >= 4 is 44.5 Å². The lowest BCUT2D eigenvalue weighted by Gasteiger charge is -2.17. The molecular weight excluding hydrogens is 406 g/mol. The molecule has 0 saturated carbocycles. The van der Waals surface area contributed by atoms with Gasteiger partial charge in [0, 0.05) is 41.1 Å². The van der Waals surface area contributed by atoms with E-state index in [1.54, 1.807) is 24.3 Å². The fraction of sp³-hybridized carbons (Fsp3) is 0.300. The molecule has 1 aliphatic heterocycles. The van der Waals surface area contributed by atoms with Gasteiger partial charge >= 0.3 is 0 Å². The third-order valence-electron chi connectivity index (χ3n) is 4.62. The van der Waals surface area contributed by atoms with Gasteiger partial charge < -0.3 is 10.2 Å². The summed E-state index contributed by atoms with van der Waals surface area (Å²) in [6.45, 7) is 5.81. The third-order valence-corrected chi connectivity index (χ3v) is 7.50. The molecule has 4 rings (SSSR count). The van der Waals surface area contributed by atoms with Gasteiger partial charge in [0.25, 0.3) is 10.0 Å². The van der Waals surface area contributed by atoms with Gasteiger partial charge in [0.15, 0.2) is 0 Å². The first kappa shape index (κ1) is 19.7. The van der Waals surface area contributed by atoms with Crippen LogP contribution in [0.2, 0.25) is 0 Å². The van der Waals surface area contributed by atoms with E-state index in [9.17, 15) is 8.42 Å². The van der Waals surface area contributed by atoms with Gasteiger partial charge in [-0.15, -0.1) is 11.3 Å². The molecule has 29 heavy (non-hydrogen) atoms. The van der Waals surface area contributed by atoms with Crippen LogP contribution in [0.5, 0.6) is 0 Å². The van der Waals surface area contributed by atoms with Crippen LogP contribution < -0.4 is 14.9 Å². The zero-order valence-corrected chi connectivity index (χ0v) is 18.0. The van der Waals surface area contributed by atoms with Crippen LogP contribution in [0.1, 0.15) is 23.4 Å². The monoisotopic (exact) mass is 429 g/mol. The Morgan fingerprint density at radius 2 is 1.66 bits per heavy atom. The second-order valence-electron chi connectivity index (χ2n) is 7.06. The highest BCUT2D eigenvalue weighted by molar-refractivity contribution is 7.94. The molecule has 3 heterocycles. The number of aryl methyl sites for hydroxylation is 2. The van der Waals surface area contributed by atoms with Crippen molar-refractivity contribution in [1.29, 1.82) is 0 Å². The second kappa shape index (κ2) is 8.00. The Morgan fingerprint density at radius 1 is 0.966 bits per heavy atom. The van der Waals surface area contributed by atoms with Gasteiger partial charge in [-0.05, 0) is 63.1 Å². The molecule has 1 fully saturated rings. The zero-order valence-electron chi connectivity index (χ0n) is 16.3. The Kier molecular flexibility index (Phi) is 5.42. The van der Waals surface area contributed by atoms with Crippen molar-refractivity contribution in [2.24, 2.45) is 0 Å². The van der Waals surface area contributed by atoms with Gasteiger partial charge in [-0.3, -0.25) is 4.72 Å². The Labute approximate surface area is 174 Å². The number of hydrogen-bond acceptors (Lipinski definition) is 7. The SMILES string of the molecule is Cc1cc(Nc2ccc(NS(=O)(=O)c3ccc(C)s3)cc2)nc(N2CCCC2)n1. The molecule has 0 bridgehead atoms. The number of sulfonamides is 1. The summed E-state index contributed by atoms with van der Waals surface area (Å²) in [5.41, 5.74) is 2.24. The van der Waals surface area contributed by atoms with Gasteiger partial charge in [0.2, 0.25) is 5.95 Å². The molecule has 2 N–H and O–H groups in total. The van der Waals surface area contributed by atoms with Crippen LogP contribution in [0.3, 0.4) is 0 Å². The van der Waals surface area contributed by atoms with Crippen molar-refractivity contribution in [2.45, 2.75) is 30.9 Å². The van der Waals surface area contributed by atoms with Crippen LogP contribution in [0.4, 0.5) is 23.1 Å². The van der Waals surface area contributed by atoms with Crippen LogP contribution >= 0.6 is 11.3 Å². The summed E-state index contributed by atoms with van der Waals surface area (Å²) in [4.78, 5) is 12.3. The average molecular weight is 430 g/mol. The number of hydrogen-bond donors (Lipinski definition) is 2. The van der Waals surface area contributed by atoms with E-state index in [1.807, 2.05) is 32.0 Å². The Balaban J connectivity index is 1.47. The predicted molar refractivity (Wildman–Crippen MR) is 118 cm³/mol. The highest BCUT2D eigenvalue weighted by Gasteiger charge is 2.17. The van der Waals surface area contributed by atoms with Crippen LogP contribution in [0, 0.1) is 13.8 Å². The normalized spacial score (nSPS) is 14.2. The molecule has 3 aromatic rings. The smallest absolute Gasteiger partial charge is 0.271 e. The van der Waals surface area contributed by atoms with E-state index in [2.05, 4.69) is 24.9 Å². The second-order valence-corrected chi connectivity index (χ2v) is 10.3. The van der Waals surface area contributed by atoms with Crippen molar-refractivity contribution in [2.75, 3.05) is 28.0 Å². The van der Waals surface area contributed by atoms with E-state index in [-0.39, 0.29) is 0 Å². The highest BCUT2D eigenvalue weighted by atomic mass is 32.2. The van der Waals surface area contributed by atoms with E-state index in [0.717, 1.165) is 41.1 Å². The number of rotatable bonds is 6. The topological polar surface area (TPSA) is 87.2 Å². The van der Waals surface area contributed by atoms with Gasteiger partial charge in [-0.25, -0.2) is 13.4 Å². The maximum absolute atomic E-state index is 12.5. The number of aromatic nitrogens is 2. The molecule has 0 radical (unpaired) electrons. The number of nitrogens with one attached hydrogen (secondary N) is 2. The number of thiophene rings is 1. The van der Waals surface area contributed by atoms with Gasteiger partial charge in [0.1, 0.15) is 10.0 Å². The molecule has 0 unspecified atom stereocenters. The first-order chi connectivity index (χ1) is 13.9. The van der Waals surface area contributed by atoms with E-state index < -0.39 is 10.0 Å². The summed E-state index contributed by atoms with van der Waals surface area (Å²) in [6, 6.07) is 12.4. The lowest BCUT2D eigenvalue weighted by Crippen LogP contribution is -2.21. The van der Waals surface area contributed by atoms with Crippen LogP contribution in [0.15, 0.2) is 46.7 Å². The van der Waals surface area contributed by atoms with E-state index >= 15 is 0 Å². The van der Waals surface area contributed by atoms with Gasteiger partial charge in [0.05, 0.1) is 0 Å². The van der Waals surface area contributed by atoms with Gasteiger partial charge in [-0.2, -0.15) is 4.98 Å². The first-order valence-corrected chi connectivity index (χ1v) is 11.8. The minimum Gasteiger partial charge on any atom is -0.341 e. The number of anilines is 4. The summed E-state index contributed by atoms with van der Waals surface area (Å²) < 4.78 is 27.8. The molecule has 152 valence electrons. The van der Waals surface area contributed by atoms with E-state index in [1.165, 1.54) is 24.2 Å². The van der Waals surface area contributed by atoms with E-state index in [4.69, 9.17) is 0 Å². The standard InChI is InChI=1S/C20H23N5O2S2/c1-14-13-18(23-20(21-14)25-11-3-4-12-25)22-16-6-8-17(9-7-16)24-29(26,27)19-10-5-15(2)28-19/h5-10,13,24H,3-4,11-12H2,1-2H3,(H,21,22,23). The lowest BCUT2D eigenvalue weighted by atomic mass is 10.3. The molecule has 0 atom stereocenters. The molecule has 7 nitrogen and oxygen atoms in total. The summed E-state index contributed by atoms with van der Waals surface area (Å²) in [5, 5.41) is 3.28. The largest absolute Gasteiger partial charge is 0.341 e. The maximum Gasteiger partial charge on any atom is 0.271 e. The van der Waals surface area contributed by atoms with Crippen molar-refractivity contribution in [3.63, 3.8) is 0 Å². The van der Waals surface area contributed by atoms with E-state index in [0.29, 0.717) is 9.90 Å².